The molecule has 23 nitrogen and oxygen atoms in total. The molecule has 8 atom stereocenters. The largest absolute Gasteiger partial charge is 0.457 e. The van der Waals surface area contributed by atoms with Gasteiger partial charge in [-0.25, -0.2) is 0 Å². The number of carbonyl (C=O) groups excluding carboxylic acids is 9. The van der Waals surface area contributed by atoms with E-state index < -0.39 is 101 Å². The number of nitrogens with one attached hydrogen (secondary N) is 9. The molecule has 17 N–H and O–H groups in total. The monoisotopic (exact) mass is 1070 g/mol. The normalized spacial score (nSPS) is 22.0. The topological polar surface area (TPSA) is 375 Å². The van der Waals surface area contributed by atoms with Gasteiger partial charge in [0.1, 0.15) is 59.8 Å². The van der Waals surface area contributed by atoms with Crippen molar-refractivity contribution in [2.45, 2.75) is 127 Å². The molecule has 3 aromatic rings. The van der Waals surface area contributed by atoms with Crippen LogP contribution < -0.4 is 75.5 Å². The van der Waals surface area contributed by atoms with Gasteiger partial charge in [0.25, 0.3) is 5.91 Å². The van der Waals surface area contributed by atoms with Gasteiger partial charge in [-0.3, -0.25) is 43.2 Å². The minimum Gasteiger partial charge on any atom is -0.457 e. The van der Waals surface area contributed by atoms with Crippen LogP contribution in [-0.4, -0.2) is 134 Å². The molecule has 1 aliphatic heterocycles. The van der Waals surface area contributed by atoms with Gasteiger partial charge in [0.05, 0.1) is 0 Å². The number of rotatable bonds is 20. The van der Waals surface area contributed by atoms with Gasteiger partial charge in [-0.15, -0.1) is 0 Å². The number of ether oxygens (including phenoxy) is 1. The Bertz CT molecular complexity index is 2410. The zero-order valence-corrected chi connectivity index (χ0v) is 44.4. The molecular formula is C54H79N13O10. The standard InChI is InChI=1S/C54H79N13O10/c1-32(2)29-43-47(69)59-28-23-42(64-48(70)38(19-24-55)60-46(68)35-15-17-37(18-16-35)77-36-13-9-6-10-14-36)52(74)62-41(22-27-58)51(73)67-45(31-34-11-7-5-8-12-34)54(76)66-44(30-33(3)4)53(75)63-39(20-25-56)49(71)61-40(21-26-57)50(72)65-43/h5-18,32-33,38-45H,19-31,55-58H2,1-4H3,(H,59,69)(H,60,68)(H,61,71)(H,62,74)(H,63,75)(H,64,70)(H,65,72)(H,66,76)(H,67,73)/t38-,39+,40+,41+,42+,43+,44+,45-/m1/s1. The fourth-order valence-electron chi connectivity index (χ4n) is 8.39. The average molecular weight is 1070 g/mol. The second kappa shape index (κ2) is 32.2. The second-order valence-corrected chi connectivity index (χ2v) is 19.7. The molecule has 0 aromatic heterocycles. The first kappa shape index (κ1) is 62.1. The lowest BCUT2D eigenvalue weighted by molar-refractivity contribution is -0.136. The summed E-state index contributed by atoms with van der Waals surface area (Å²) in [6.45, 7) is 6.78. The van der Waals surface area contributed by atoms with E-state index in [9.17, 15) is 43.2 Å². The summed E-state index contributed by atoms with van der Waals surface area (Å²) in [5.41, 5.74) is 24.5. The van der Waals surface area contributed by atoms with Crippen LogP contribution in [-0.2, 0) is 44.8 Å². The van der Waals surface area contributed by atoms with Crippen LogP contribution in [0, 0.1) is 11.8 Å². The van der Waals surface area contributed by atoms with Gasteiger partial charge in [-0.1, -0.05) is 76.2 Å². The summed E-state index contributed by atoms with van der Waals surface area (Å²) in [5.74, 6) is -6.08. The number of amides is 9. The third-order valence-electron chi connectivity index (χ3n) is 12.4. The maximum atomic E-state index is 14.5. The Labute approximate surface area is 450 Å². The Hall–Kier alpha value is -7.47. The highest BCUT2D eigenvalue weighted by atomic mass is 16.5. The highest BCUT2D eigenvalue weighted by Crippen LogP contribution is 2.21. The minimum absolute atomic E-state index is 0.0490. The summed E-state index contributed by atoms with van der Waals surface area (Å²) in [4.78, 5) is 127. The Morgan fingerprint density at radius 2 is 0.961 bits per heavy atom. The quantitative estimate of drug-likeness (QED) is 0.0661. The Balaban J connectivity index is 1.73. The molecule has 0 spiro atoms. The highest BCUT2D eigenvalue weighted by molar-refractivity contribution is 6.00. The van der Waals surface area contributed by atoms with Crippen molar-refractivity contribution >= 4 is 53.2 Å². The van der Waals surface area contributed by atoms with Crippen LogP contribution in [0.4, 0.5) is 0 Å². The first-order valence-electron chi connectivity index (χ1n) is 26.2. The number of hydrogen-bond acceptors (Lipinski definition) is 14. The SMILES string of the molecule is CC(C)C[C@@H]1NC(=O)[C@H](CCN)NC(=O)[C@H](CCN)NC(=O)[C@H](CC(C)C)NC(=O)[C@@H](Cc2ccccc2)NC(=O)[C@H](CCN)NC(=O)[C@@H](NC(=O)[C@@H](CCN)NC(=O)c2ccc(Oc3ccccc3)cc2)CCNC1=O. The maximum Gasteiger partial charge on any atom is 0.251 e. The van der Waals surface area contributed by atoms with Crippen LogP contribution in [0.25, 0.3) is 0 Å². The minimum atomic E-state index is -1.48. The number of benzene rings is 3. The smallest absolute Gasteiger partial charge is 0.251 e. The molecule has 1 heterocycles. The Morgan fingerprint density at radius 3 is 1.45 bits per heavy atom. The van der Waals surface area contributed by atoms with E-state index in [1.165, 1.54) is 12.1 Å². The summed E-state index contributed by atoms with van der Waals surface area (Å²) >= 11 is 0. The first-order valence-corrected chi connectivity index (χ1v) is 26.2. The first-order chi connectivity index (χ1) is 36.8. The number of nitrogens with two attached hydrogens (primary N) is 4. The van der Waals surface area contributed by atoms with Gasteiger partial charge in [0, 0.05) is 18.5 Å². The van der Waals surface area contributed by atoms with E-state index in [-0.39, 0.29) is 101 Å². The Kier molecular flexibility index (Phi) is 26.0. The molecule has 0 unspecified atom stereocenters. The summed E-state index contributed by atoms with van der Waals surface area (Å²) in [6, 6.07) is 13.6. The molecular weight excluding hydrogens is 991 g/mol. The Morgan fingerprint density at radius 1 is 0.532 bits per heavy atom. The van der Waals surface area contributed by atoms with Crippen LogP contribution in [0.3, 0.4) is 0 Å². The third kappa shape index (κ3) is 20.9. The van der Waals surface area contributed by atoms with E-state index in [2.05, 4.69) is 47.9 Å². The van der Waals surface area contributed by atoms with E-state index >= 15 is 0 Å². The summed E-state index contributed by atoms with van der Waals surface area (Å²) in [5, 5.41) is 24.3. The molecule has 77 heavy (non-hydrogen) atoms. The third-order valence-corrected chi connectivity index (χ3v) is 12.4. The van der Waals surface area contributed by atoms with Gasteiger partial charge < -0.3 is 75.5 Å². The molecule has 23 heteroatoms. The van der Waals surface area contributed by atoms with E-state index in [0.717, 1.165) is 0 Å². The van der Waals surface area contributed by atoms with Crippen molar-refractivity contribution in [3.63, 3.8) is 0 Å². The van der Waals surface area contributed by atoms with Crippen LogP contribution in [0.2, 0.25) is 0 Å². The number of hydrogen-bond donors (Lipinski definition) is 13. The van der Waals surface area contributed by atoms with E-state index in [4.69, 9.17) is 27.7 Å². The summed E-state index contributed by atoms with van der Waals surface area (Å²) < 4.78 is 5.84. The molecule has 9 amide bonds. The molecule has 0 saturated carbocycles. The second-order valence-electron chi connectivity index (χ2n) is 19.7. The average Bonchev–Trinajstić information content (AvgIpc) is 3.39. The maximum absolute atomic E-state index is 14.5. The van der Waals surface area contributed by atoms with Crippen molar-refractivity contribution in [2.24, 2.45) is 34.8 Å². The van der Waals surface area contributed by atoms with Crippen molar-refractivity contribution in [3.8, 4) is 11.5 Å². The lowest BCUT2D eigenvalue weighted by Crippen LogP contribution is -2.61. The lowest BCUT2D eigenvalue weighted by Gasteiger charge is -2.28. The summed E-state index contributed by atoms with van der Waals surface area (Å²) in [7, 11) is 0. The van der Waals surface area contributed by atoms with Crippen molar-refractivity contribution in [1.82, 2.24) is 47.9 Å². The van der Waals surface area contributed by atoms with Crippen LogP contribution in [0.15, 0.2) is 84.9 Å². The lowest BCUT2D eigenvalue weighted by atomic mass is 10.00. The number of para-hydroxylation sites is 1. The predicted molar refractivity (Wildman–Crippen MR) is 289 cm³/mol. The van der Waals surface area contributed by atoms with Crippen molar-refractivity contribution < 1.29 is 47.9 Å². The zero-order valence-electron chi connectivity index (χ0n) is 44.4. The van der Waals surface area contributed by atoms with Crippen molar-refractivity contribution in [2.75, 3.05) is 32.7 Å². The van der Waals surface area contributed by atoms with Gasteiger partial charge >= 0.3 is 0 Å². The fourth-order valence-corrected chi connectivity index (χ4v) is 8.39. The van der Waals surface area contributed by atoms with Crippen LogP contribution in [0.1, 0.15) is 88.6 Å². The van der Waals surface area contributed by atoms with E-state index in [1.54, 1.807) is 54.6 Å². The molecule has 0 bridgehead atoms. The van der Waals surface area contributed by atoms with Gasteiger partial charge in [0.2, 0.25) is 47.3 Å². The van der Waals surface area contributed by atoms with Crippen molar-refractivity contribution in [1.29, 1.82) is 0 Å². The molecule has 3 aromatic carbocycles. The van der Waals surface area contributed by atoms with E-state index in [1.807, 2.05) is 45.9 Å². The van der Waals surface area contributed by atoms with Crippen LogP contribution >= 0.6 is 0 Å². The molecule has 0 radical (unpaired) electrons. The molecule has 4 rings (SSSR count). The van der Waals surface area contributed by atoms with Crippen molar-refractivity contribution in [3.05, 3.63) is 96.1 Å². The highest BCUT2D eigenvalue weighted by Gasteiger charge is 2.35. The molecule has 1 aliphatic rings. The number of carbonyl (C=O) groups is 9. The summed E-state index contributed by atoms with van der Waals surface area (Å²) in [6.07, 6.45) is -0.402. The van der Waals surface area contributed by atoms with Gasteiger partial charge in [0.15, 0.2) is 0 Å². The molecule has 1 saturated heterocycles. The van der Waals surface area contributed by atoms with Gasteiger partial charge in [-0.2, -0.15) is 0 Å². The molecule has 420 valence electrons. The fraction of sp³-hybridized carbons (Fsp3) is 0.500. The van der Waals surface area contributed by atoms with Crippen LogP contribution in [0.5, 0.6) is 11.5 Å². The van der Waals surface area contributed by atoms with Gasteiger partial charge in [-0.05, 0) is 125 Å². The molecule has 1 fully saturated rings. The zero-order chi connectivity index (χ0) is 56.4. The predicted octanol–water partition coefficient (Wildman–Crippen LogP) is -0.779. The van der Waals surface area contributed by atoms with E-state index in [0.29, 0.717) is 17.1 Å². The molecule has 0 aliphatic carbocycles.